The number of aliphatic hydroxyl groups excluding tert-OH is 1. The average Bonchev–Trinajstić information content (AvgIpc) is 2.62. The van der Waals surface area contributed by atoms with Crippen LogP contribution in [0.15, 0.2) is 85.2 Å². The van der Waals surface area contributed by atoms with Crippen molar-refractivity contribution in [2.24, 2.45) is 0 Å². The largest absolute Gasteiger partial charge is 0.385 e. The van der Waals surface area contributed by atoms with Crippen molar-refractivity contribution in [3.8, 4) is 0 Å². The van der Waals surface area contributed by atoms with Gasteiger partial charge in [0.15, 0.2) is 0 Å². The summed E-state index contributed by atoms with van der Waals surface area (Å²) in [5.41, 5.74) is 0.270. The van der Waals surface area contributed by atoms with Crippen LogP contribution in [0.5, 0.6) is 0 Å². The number of hydrogen-bond acceptors (Lipinski definition) is 3. The number of pyridine rings is 1. The van der Waals surface area contributed by atoms with Crippen LogP contribution in [0.25, 0.3) is 0 Å². The second kappa shape index (κ2) is 6.10. The fourth-order valence-corrected chi connectivity index (χ4v) is 2.64. The minimum atomic E-state index is -1.56. The monoisotopic (exact) mass is 291 g/mol. The molecule has 3 rings (SSSR count). The van der Waals surface area contributed by atoms with Gasteiger partial charge in [-0.1, -0.05) is 66.7 Å². The lowest BCUT2D eigenvalue weighted by Crippen LogP contribution is -2.35. The van der Waals surface area contributed by atoms with Gasteiger partial charge < -0.3 is 10.2 Å². The van der Waals surface area contributed by atoms with Gasteiger partial charge in [0.05, 0.1) is 0 Å². The van der Waals surface area contributed by atoms with E-state index in [1.807, 2.05) is 36.4 Å². The highest BCUT2D eigenvalue weighted by Gasteiger charge is 2.40. The lowest BCUT2D eigenvalue weighted by Gasteiger charge is -2.34. The van der Waals surface area contributed by atoms with Crippen molar-refractivity contribution >= 4 is 0 Å². The van der Waals surface area contributed by atoms with E-state index in [2.05, 4.69) is 4.98 Å². The summed E-state index contributed by atoms with van der Waals surface area (Å²) in [4.78, 5) is 4.08. The van der Waals surface area contributed by atoms with Gasteiger partial charge in [0.25, 0.3) is 0 Å². The Kier molecular flexibility index (Phi) is 4.00. The van der Waals surface area contributed by atoms with Crippen LogP contribution in [0.3, 0.4) is 0 Å². The Morgan fingerprint density at radius 2 is 1.36 bits per heavy atom. The molecule has 0 saturated heterocycles. The lowest BCUT2D eigenvalue weighted by atomic mass is 9.79. The Hall–Kier alpha value is -2.49. The van der Waals surface area contributed by atoms with Crippen LogP contribution < -0.4 is 0 Å². The first kappa shape index (κ1) is 14.4. The standard InChI is InChI=1S/C19H17NO2/c21-18(15-8-3-1-4-9-15)19(22,16-10-5-2-6-11-16)17-12-7-13-20-14-17/h1-14,18,21-22H. The minimum absolute atomic E-state index is 0.553. The molecule has 2 atom stereocenters. The fourth-order valence-electron chi connectivity index (χ4n) is 2.64. The molecule has 3 nitrogen and oxygen atoms in total. The van der Waals surface area contributed by atoms with E-state index >= 15 is 0 Å². The molecule has 2 unspecified atom stereocenters. The van der Waals surface area contributed by atoms with Crippen molar-refractivity contribution < 1.29 is 10.2 Å². The summed E-state index contributed by atoms with van der Waals surface area (Å²) in [7, 11) is 0. The minimum Gasteiger partial charge on any atom is -0.385 e. The number of rotatable bonds is 4. The van der Waals surface area contributed by atoms with Crippen molar-refractivity contribution in [2.45, 2.75) is 11.7 Å². The molecule has 0 bridgehead atoms. The second-order valence-electron chi connectivity index (χ2n) is 5.19. The Morgan fingerprint density at radius 1 is 0.773 bits per heavy atom. The molecule has 0 aliphatic rings. The molecule has 110 valence electrons. The summed E-state index contributed by atoms with van der Waals surface area (Å²) in [6.07, 6.45) is 2.13. The third-order valence-electron chi connectivity index (χ3n) is 3.83. The molecule has 2 N–H and O–H groups in total. The maximum atomic E-state index is 11.4. The third kappa shape index (κ3) is 2.52. The van der Waals surface area contributed by atoms with E-state index in [0.717, 1.165) is 0 Å². The Morgan fingerprint density at radius 3 is 1.95 bits per heavy atom. The molecule has 0 fully saturated rings. The molecule has 1 heterocycles. The van der Waals surface area contributed by atoms with Gasteiger partial charge in [0.2, 0.25) is 0 Å². The van der Waals surface area contributed by atoms with Gasteiger partial charge in [-0.2, -0.15) is 0 Å². The first-order valence-electron chi connectivity index (χ1n) is 7.14. The van der Waals surface area contributed by atoms with Crippen LogP contribution in [-0.2, 0) is 5.60 Å². The predicted molar refractivity (Wildman–Crippen MR) is 85.1 cm³/mol. The molecule has 0 radical (unpaired) electrons. The van der Waals surface area contributed by atoms with Crippen LogP contribution in [0.2, 0.25) is 0 Å². The van der Waals surface area contributed by atoms with Crippen molar-refractivity contribution in [3.63, 3.8) is 0 Å². The second-order valence-corrected chi connectivity index (χ2v) is 5.19. The third-order valence-corrected chi connectivity index (χ3v) is 3.83. The van der Waals surface area contributed by atoms with Crippen molar-refractivity contribution in [1.29, 1.82) is 0 Å². The Bertz CT molecular complexity index is 675. The molecule has 3 heteroatoms. The molecule has 22 heavy (non-hydrogen) atoms. The molecule has 0 spiro atoms. The number of aliphatic hydroxyl groups is 2. The van der Waals surface area contributed by atoms with E-state index in [-0.39, 0.29) is 0 Å². The lowest BCUT2D eigenvalue weighted by molar-refractivity contribution is -0.0519. The van der Waals surface area contributed by atoms with Gasteiger partial charge in [0, 0.05) is 18.0 Å². The van der Waals surface area contributed by atoms with E-state index < -0.39 is 11.7 Å². The smallest absolute Gasteiger partial charge is 0.146 e. The molecule has 1 aromatic heterocycles. The SMILES string of the molecule is OC(c1ccccc1)C(O)(c1ccccc1)c1cccnc1. The number of benzene rings is 2. The maximum absolute atomic E-state index is 11.4. The molecule has 0 saturated carbocycles. The molecular weight excluding hydrogens is 274 g/mol. The van der Waals surface area contributed by atoms with E-state index in [4.69, 9.17) is 0 Å². The maximum Gasteiger partial charge on any atom is 0.146 e. The molecule has 0 aliphatic heterocycles. The van der Waals surface area contributed by atoms with Gasteiger partial charge in [-0.15, -0.1) is 0 Å². The highest BCUT2D eigenvalue weighted by molar-refractivity contribution is 5.39. The quantitative estimate of drug-likeness (QED) is 0.777. The highest BCUT2D eigenvalue weighted by Crippen LogP contribution is 2.40. The van der Waals surface area contributed by atoms with E-state index in [1.54, 1.807) is 48.8 Å². The topological polar surface area (TPSA) is 53.4 Å². The van der Waals surface area contributed by atoms with Crippen molar-refractivity contribution in [1.82, 2.24) is 4.98 Å². The summed E-state index contributed by atoms with van der Waals surface area (Å²) in [6.45, 7) is 0. The summed E-state index contributed by atoms with van der Waals surface area (Å²) >= 11 is 0. The fraction of sp³-hybridized carbons (Fsp3) is 0.105. The zero-order valence-corrected chi connectivity index (χ0v) is 12.0. The molecule has 3 aromatic rings. The Balaban J connectivity index is 2.16. The normalized spacial score (nSPS) is 15.0. The predicted octanol–water partition coefficient (Wildman–Crippen LogP) is 3.05. The highest BCUT2D eigenvalue weighted by atomic mass is 16.3. The van der Waals surface area contributed by atoms with E-state index in [9.17, 15) is 10.2 Å². The van der Waals surface area contributed by atoms with E-state index in [0.29, 0.717) is 16.7 Å². The summed E-state index contributed by atoms with van der Waals surface area (Å²) < 4.78 is 0. The summed E-state index contributed by atoms with van der Waals surface area (Å²) in [6, 6.07) is 21.8. The molecule has 0 aliphatic carbocycles. The van der Waals surface area contributed by atoms with Crippen LogP contribution >= 0.6 is 0 Å². The van der Waals surface area contributed by atoms with Crippen molar-refractivity contribution in [2.75, 3.05) is 0 Å². The Labute approximate surface area is 129 Å². The van der Waals surface area contributed by atoms with Gasteiger partial charge in [-0.3, -0.25) is 4.98 Å². The van der Waals surface area contributed by atoms with Gasteiger partial charge in [-0.05, 0) is 17.2 Å². The average molecular weight is 291 g/mol. The molecular formula is C19H17NO2. The number of hydrogen-bond donors (Lipinski definition) is 2. The first-order valence-corrected chi connectivity index (χ1v) is 7.14. The van der Waals surface area contributed by atoms with Crippen LogP contribution in [0.4, 0.5) is 0 Å². The zero-order chi connectivity index (χ0) is 15.4. The first-order chi connectivity index (χ1) is 10.7. The summed E-state index contributed by atoms with van der Waals surface area (Å²) in [5, 5.41) is 22.3. The zero-order valence-electron chi connectivity index (χ0n) is 12.0. The van der Waals surface area contributed by atoms with E-state index in [1.165, 1.54) is 0 Å². The molecule has 2 aromatic carbocycles. The summed E-state index contributed by atoms with van der Waals surface area (Å²) in [5.74, 6) is 0. The van der Waals surface area contributed by atoms with Crippen molar-refractivity contribution in [3.05, 3.63) is 102 Å². The van der Waals surface area contributed by atoms with Crippen LogP contribution in [-0.4, -0.2) is 15.2 Å². The number of nitrogens with zero attached hydrogens (tertiary/aromatic N) is 1. The number of aromatic nitrogens is 1. The van der Waals surface area contributed by atoms with Crippen LogP contribution in [0, 0.1) is 0 Å². The van der Waals surface area contributed by atoms with Gasteiger partial charge in [0.1, 0.15) is 11.7 Å². The van der Waals surface area contributed by atoms with Gasteiger partial charge >= 0.3 is 0 Å². The van der Waals surface area contributed by atoms with Crippen LogP contribution in [0.1, 0.15) is 22.8 Å². The molecule has 0 amide bonds. The van der Waals surface area contributed by atoms with Gasteiger partial charge in [-0.25, -0.2) is 0 Å².